The summed E-state index contributed by atoms with van der Waals surface area (Å²) < 4.78 is 39.9. The Kier molecular flexibility index (Phi) is 6.94. The molecule has 0 bridgehead atoms. The first-order chi connectivity index (χ1) is 9.78. The van der Waals surface area contributed by atoms with Crippen LogP contribution in [0.1, 0.15) is 32.1 Å². The van der Waals surface area contributed by atoms with E-state index in [0.717, 1.165) is 12.8 Å². The van der Waals surface area contributed by atoms with Crippen molar-refractivity contribution in [2.75, 3.05) is 26.3 Å². The van der Waals surface area contributed by atoms with Crippen molar-refractivity contribution in [2.45, 2.75) is 38.3 Å². The van der Waals surface area contributed by atoms with Gasteiger partial charge in [-0.15, -0.1) is 0 Å². The Labute approximate surface area is 121 Å². The van der Waals surface area contributed by atoms with E-state index in [1.807, 2.05) is 0 Å². The molecule has 1 aliphatic rings. The number of carbonyl (C=O) groups is 2. The Bertz CT molecular complexity index is 352. The summed E-state index contributed by atoms with van der Waals surface area (Å²) in [6, 6.07) is 0. The molecule has 0 aromatic carbocycles. The number of halogens is 3. The van der Waals surface area contributed by atoms with Crippen LogP contribution >= 0.6 is 0 Å². The molecule has 8 heteroatoms. The zero-order valence-electron chi connectivity index (χ0n) is 11.7. The third-order valence-electron chi connectivity index (χ3n) is 3.46. The van der Waals surface area contributed by atoms with Gasteiger partial charge in [0, 0.05) is 19.5 Å². The maximum absolute atomic E-state index is 11.8. The molecule has 122 valence electrons. The van der Waals surface area contributed by atoms with Crippen molar-refractivity contribution in [2.24, 2.45) is 5.92 Å². The Morgan fingerprint density at radius 2 is 1.81 bits per heavy atom. The van der Waals surface area contributed by atoms with Gasteiger partial charge in [0.15, 0.2) is 0 Å². The zero-order chi connectivity index (χ0) is 15.9. The van der Waals surface area contributed by atoms with Crippen molar-refractivity contribution in [3.63, 3.8) is 0 Å². The molecular weight excluding hydrogens is 291 g/mol. The van der Waals surface area contributed by atoms with Gasteiger partial charge in [-0.2, -0.15) is 13.2 Å². The minimum atomic E-state index is -4.37. The number of hydrogen-bond acceptors (Lipinski definition) is 3. The van der Waals surface area contributed by atoms with E-state index >= 15 is 0 Å². The Morgan fingerprint density at radius 1 is 1.19 bits per heavy atom. The molecule has 1 amide bonds. The number of rotatable bonds is 7. The molecule has 1 rings (SSSR count). The summed E-state index contributed by atoms with van der Waals surface area (Å²) in [7, 11) is 0. The fourth-order valence-electron chi connectivity index (χ4n) is 2.30. The van der Waals surface area contributed by atoms with Gasteiger partial charge in [-0.3, -0.25) is 9.59 Å². The van der Waals surface area contributed by atoms with Gasteiger partial charge in [0.2, 0.25) is 5.91 Å². The molecule has 5 nitrogen and oxygen atoms in total. The van der Waals surface area contributed by atoms with Crippen LogP contribution in [0.15, 0.2) is 0 Å². The highest BCUT2D eigenvalue weighted by Gasteiger charge is 2.28. The van der Waals surface area contributed by atoms with Crippen molar-refractivity contribution in [3.05, 3.63) is 0 Å². The first-order valence-corrected chi connectivity index (χ1v) is 6.92. The second-order valence-electron chi connectivity index (χ2n) is 5.17. The normalized spacial score (nSPS) is 17.0. The smallest absolute Gasteiger partial charge is 0.411 e. The molecule has 0 unspecified atom stereocenters. The predicted octanol–water partition coefficient (Wildman–Crippen LogP) is 2.06. The molecule has 0 aliphatic carbocycles. The molecule has 1 heterocycles. The highest BCUT2D eigenvalue weighted by Crippen LogP contribution is 2.22. The van der Waals surface area contributed by atoms with Crippen LogP contribution < -0.4 is 0 Å². The van der Waals surface area contributed by atoms with Crippen LogP contribution in [0, 0.1) is 5.92 Å². The molecule has 1 saturated heterocycles. The van der Waals surface area contributed by atoms with E-state index in [4.69, 9.17) is 5.11 Å². The molecule has 0 radical (unpaired) electrons. The van der Waals surface area contributed by atoms with Gasteiger partial charge in [0.05, 0.1) is 13.0 Å². The predicted molar refractivity (Wildman–Crippen MR) is 67.7 cm³/mol. The molecule has 0 aromatic rings. The van der Waals surface area contributed by atoms with Crippen LogP contribution in [-0.4, -0.2) is 54.4 Å². The largest absolute Gasteiger partial charge is 0.481 e. The third-order valence-corrected chi connectivity index (χ3v) is 3.46. The lowest BCUT2D eigenvalue weighted by atomic mass is 9.92. The summed E-state index contributed by atoms with van der Waals surface area (Å²) in [6.07, 6.45) is -2.22. The fourth-order valence-corrected chi connectivity index (χ4v) is 2.30. The van der Waals surface area contributed by atoms with Gasteiger partial charge >= 0.3 is 12.1 Å². The van der Waals surface area contributed by atoms with Crippen molar-refractivity contribution in [3.8, 4) is 0 Å². The number of likely N-dealkylation sites (tertiary alicyclic amines) is 1. The van der Waals surface area contributed by atoms with Crippen molar-refractivity contribution < 1.29 is 32.6 Å². The van der Waals surface area contributed by atoms with Crippen LogP contribution in [0.4, 0.5) is 13.2 Å². The van der Waals surface area contributed by atoms with Gasteiger partial charge in [-0.05, 0) is 25.2 Å². The van der Waals surface area contributed by atoms with Crippen molar-refractivity contribution >= 4 is 11.9 Å². The first-order valence-electron chi connectivity index (χ1n) is 6.92. The number of piperidine rings is 1. The lowest BCUT2D eigenvalue weighted by Gasteiger charge is -2.32. The fraction of sp³-hybridized carbons (Fsp3) is 0.846. The lowest BCUT2D eigenvalue weighted by molar-refractivity contribution is -0.175. The van der Waals surface area contributed by atoms with E-state index in [-0.39, 0.29) is 25.4 Å². The first kappa shape index (κ1) is 17.7. The molecule has 1 fully saturated rings. The highest BCUT2D eigenvalue weighted by molar-refractivity contribution is 5.76. The zero-order valence-corrected chi connectivity index (χ0v) is 11.7. The topological polar surface area (TPSA) is 66.8 Å². The number of amides is 1. The number of ether oxygens (including phenoxy) is 1. The van der Waals surface area contributed by atoms with E-state index in [0.29, 0.717) is 25.4 Å². The minimum absolute atomic E-state index is 0.0597. The molecule has 0 saturated carbocycles. The van der Waals surface area contributed by atoms with Gasteiger partial charge < -0.3 is 14.7 Å². The average Bonchev–Trinajstić information content (AvgIpc) is 2.40. The highest BCUT2D eigenvalue weighted by atomic mass is 19.4. The average molecular weight is 311 g/mol. The molecular formula is C13H20F3NO4. The second kappa shape index (κ2) is 8.21. The maximum atomic E-state index is 11.8. The summed E-state index contributed by atoms with van der Waals surface area (Å²) in [5.74, 6) is -0.740. The molecule has 21 heavy (non-hydrogen) atoms. The van der Waals surface area contributed by atoms with Crippen LogP contribution in [0.25, 0.3) is 0 Å². The summed E-state index contributed by atoms with van der Waals surface area (Å²) in [5.41, 5.74) is 0. The summed E-state index contributed by atoms with van der Waals surface area (Å²) >= 11 is 0. The van der Waals surface area contributed by atoms with Gasteiger partial charge in [0.1, 0.15) is 6.61 Å². The Morgan fingerprint density at radius 3 is 2.33 bits per heavy atom. The minimum Gasteiger partial charge on any atom is -0.481 e. The van der Waals surface area contributed by atoms with E-state index in [1.54, 1.807) is 4.90 Å². The van der Waals surface area contributed by atoms with Crippen molar-refractivity contribution in [1.29, 1.82) is 0 Å². The van der Waals surface area contributed by atoms with E-state index < -0.39 is 18.8 Å². The number of hydrogen-bond donors (Lipinski definition) is 1. The number of alkyl halides is 3. The monoisotopic (exact) mass is 311 g/mol. The number of carboxylic acids is 1. The molecule has 0 spiro atoms. The number of carbonyl (C=O) groups excluding carboxylic acids is 1. The van der Waals surface area contributed by atoms with Crippen molar-refractivity contribution in [1.82, 2.24) is 4.90 Å². The van der Waals surface area contributed by atoms with Gasteiger partial charge in [0.25, 0.3) is 0 Å². The van der Waals surface area contributed by atoms with Gasteiger partial charge in [-0.1, -0.05) is 0 Å². The number of aliphatic carboxylic acids is 1. The summed E-state index contributed by atoms with van der Waals surface area (Å²) in [5, 5.41) is 8.60. The Balaban J connectivity index is 2.15. The van der Waals surface area contributed by atoms with Crippen LogP contribution in [0.3, 0.4) is 0 Å². The summed E-state index contributed by atoms with van der Waals surface area (Å²) in [6.45, 7) is -0.514. The second-order valence-corrected chi connectivity index (χ2v) is 5.17. The molecule has 0 aromatic heterocycles. The number of carboxylic acid groups (broad SMARTS) is 1. The molecule has 0 atom stereocenters. The van der Waals surface area contributed by atoms with Crippen LogP contribution in [-0.2, 0) is 14.3 Å². The van der Waals surface area contributed by atoms with Crippen LogP contribution in [0.2, 0.25) is 0 Å². The third kappa shape index (κ3) is 7.89. The summed E-state index contributed by atoms with van der Waals surface area (Å²) in [4.78, 5) is 23.8. The van der Waals surface area contributed by atoms with E-state index in [1.165, 1.54) is 0 Å². The van der Waals surface area contributed by atoms with E-state index in [2.05, 4.69) is 4.74 Å². The van der Waals surface area contributed by atoms with Gasteiger partial charge in [-0.25, -0.2) is 0 Å². The SMILES string of the molecule is O=C(O)CCC1CCN(C(=O)CCOCC(F)(F)F)CC1. The maximum Gasteiger partial charge on any atom is 0.411 e. The van der Waals surface area contributed by atoms with Crippen LogP contribution in [0.5, 0.6) is 0 Å². The van der Waals surface area contributed by atoms with E-state index in [9.17, 15) is 22.8 Å². The Hall–Kier alpha value is -1.31. The number of nitrogens with zero attached hydrogens (tertiary/aromatic N) is 1. The quantitative estimate of drug-likeness (QED) is 0.731. The molecule has 1 N–H and O–H groups in total. The standard InChI is InChI=1S/C13H20F3NO4/c14-13(15,16)9-21-8-5-11(18)17-6-3-10(4-7-17)1-2-12(19)20/h10H,1-9H2,(H,19,20). The lowest BCUT2D eigenvalue weighted by Crippen LogP contribution is -2.39. The molecule has 1 aliphatic heterocycles.